The van der Waals surface area contributed by atoms with Crippen LogP contribution in [0.15, 0.2) is 29.1 Å². The summed E-state index contributed by atoms with van der Waals surface area (Å²) in [7, 11) is 0. The second-order valence-corrected chi connectivity index (χ2v) is 5.87. The first-order valence-electron chi connectivity index (χ1n) is 6.36. The van der Waals surface area contributed by atoms with Crippen LogP contribution in [0.25, 0.3) is 0 Å². The summed E-state index contributed by atoms with van der Waals surface area (Å²) in [6.45, 7) is 7.22. The van der Waals surface area contributed by atoms with Crippen molar-refractivity contribution in [2.75, 3.05) is 0 Å². The van der Waals surface area contributed by atoms with Gasteiger partial charge in [-0.15, -0.1) is 0 Å². The van der Waals surface area contributed by atoms with Gasteiger partial charge in [-0.2, -0.15) is 4.98 Å². The summed E-state index contributed by atoms with van der Waals surface area (Å²) in [5, 5.41) is 7.69. The molecule has 0 atom stereocenters. The second kappa shape index (κ2) is 6.24. The van der Waals surface area contributed by atoms with Crippen LogP contribution in [0.3, 0.4) is 0 Å². The third kappa shape index (κ3) is 4.21. The number of aromatic nitrogens is 2. The maximum atomic E-state index is 6.20. The first-order chi connectivity index (χ1) is 9.46. The number of hydrogen-bond donors (Lipinski definition) is 1. The zero-order valence-electron chi connectivity index (χ0n) is 11.8. The smallest absolute Gasteiger partial charge is 0.213 e. The molecular weight excluding hydrogens is 278 g/mol. The van der Waals surface area contributed by atoms with Crippen LogP contribution in [0.1, 0.15) is 32.2 Å². The van der Waals surface area contributed by atoms with Gasteiger partial charge in [0.25, 0.3) is 0 Å². The van der Waals surface area contributed by atoms with E-state index in [-0.39, 0.29) is 12.1 Å². The van der Waals surface area contributed by atoms with Crippen molar-refractivity contribution in [3.05, 3.63) is 41.0 Å². The molecule has 0 amide bonds. The SMILES string of the molecule is CC(C)(C)NCc1cccc(Cl)c1OCc1ncon1. The molecule has 1 aromatic heterocycles. The summed E-state index contributed by atoms with van der Waals surface area (Å²) in [4.78, 5) is 3.91. The Morgan fingerprint density at radius 3 is 2.80 bits per heavy atom. The molecule has 0 unspecified atom stereocenters. The summed E-state index contributed by atoms with van der Waals surface area (Å²) in [6, 6.07) is 5.69. The van der Waals surface area contributed by atoms with Crippen molar-refractivity contribution in [2.45, 2.75) is 39.5 Å². The average Bonchev–Trinajstić information content (AvgIpc) is 2.87. The monoisotopic (exact) mass is 295 g/mol. The summed E-state index contributed by atoms with van der Waals surface area (Å²) in [5.74, 6) is 1.13. The molecule has 0 saturated carbocycles. The molecule has 2 rings (SSSR count). The van der Waals surface area contributed by atoms with Crippen LogP contribution in [0.5, 0.6) is 5.75 Å². The number of benzene rings is 1. The van der Waals surface area contributed by atoms with Gasteiger partial charge in [-0.3, -0.25) is 0 Å². The Kier molecular flexibility index (Phi) is 4.62. The van der Waals surface area contributed by atoms with E-state index in [1.54, 1.807) is 6.07 Å². The maximum absolute atomic E-state index is 6.20. The van der Waals surface area contributed by atoms with Crippen LogP contribution in [0.2, 0.25) is 5.02 Å². The van der Waals surface area contributed by atoms with Gasteiger partial charge < -0.3 is 14.6 Å². The Bertz CT molecular complexity index is 550. The summed E-state index contributed by atoms with van der Waals surface area (Å²) in [6.07, 6.45) is 1.27. The molecule has 0 spiro atoms. The highest BCUT2D eigenvalue weighted by Gasteiger charge is 2.13. The Balaban J connectivity index is 2.09. The maximum Gasteiger partial charge on any atom is 0.213 e. The zero-order chi connectivity index (χ0) is 14.6. The van der Waals surface area contributed by atoms with Crippen LogP contribution in [-0.2, 0) is 13.2 Å². The normalized spacial score (nSPS) is 11.6. The number of halogens is 1. The molecule has 108 valence electrons. The average molecular weight is 296 g/mol. The van der Waals surface area contributed by atoms with Gasteiger partial charge in [0.1, 0.15) is 5.75 Å². The highest BCUT2D eigenvalue weighted by atomic mass is 35.5. The number of para-hydroxylation sites is 1. The highest BCUT2D eigenvalue weighted by Crippen LogP contribution is 2.29. The summed E-state index contributed by atoms with van der Waals surface area (Å²) in [5.41, 5.74) is 1.02. The van der Waals surface area contributed by atoms with Gasteiger partial charge in [-0.25, -0.2) is 0 Å². The quantitative estimate of drug-likeness (QED) is 0.918. The van der Waals surface area contributed by atoms with Crippen molar-refractivity contribution in [1.82, 2.24) is 15.5 Å². The Hall–Kier alpha value is -1.59. The fourth-order valence-corrected chi connectivity index (χ4v) is 1.86. The molecule has 0 aliphatic rings. The molecule has 1 N–H and O–H groups in total. The lowest BCUT2D eigenvalue weighted by molar-refractivity contribution is 0.282. The van der Waals surface area contributed by atoms with Crippen LogP contribution < -0.4 is 10.1 Å². The predicted molar refractivity (Wildman–Crippen MR) is 76.7 cm³/mol. The van der Waals surface area contributed by atoms with E-state index in [0.29, 0.717) is 23.1 Å². The molecule has 6 heteroatoms. The third-order valence-electron chi connectivity index (χ3n) is 2.61. The van der Waals surface area contributed by atoms with Gasteiger partial charge in [-0.1, -0.05) is 28.9 Å². The molecule has 0 bridgehead atoms. The molecule has 2 aromatic rings. The van der Waals surface area contributed by atoms with E-state index >= 15 is 0 Å². The second-order valence-electron chi connectivity index (χ2n) is 5.47. The van der Waals surface area contributed by atoms with E-state index < -0.39 is 0 Å². The first-order valence-corrected chi connectivity index (χ1v) is 6.74. The van der Waals surface area contributed by atoms with Gasteiger partial charge in [0.2, 0.25) is 12.2 Å². The van der Waals surface area contributed by atoms with Crippen LogP contribution in [0.4, 0.5) is 0 Å². The molecule has 0 aliphatic heterocycles. The summed E-state index contributed by atoms with van der Waals surface area (Å²) < 4.78 is 10.4. The Morgan fingerprint density at radius 1 is 1.35 bits per heavy atom. The van der Waals surface area contributed by atoms with Crippen molar-refractivity contribution < 1.29 is 9.26 Å². The summed E-state index contributed by atoms with van der Waals surface area (Å²) >= 11 is 6.20. The van der Waals surface area contributed by atoms with E-state index in [4.69, 9.17) is 16.3 Å². The van der Waals surface area contributed by atoms with E-state index in [1.165, 1.54) is 6.39 Å². The molecular formula is C14H18ClN3O2. The van der Waals surface area contributed by atoms with E-state index in [2.05, 4.69) is 40.8 Å². The Labute approximate surface area is 123 Å². The van der Waals surface area contributed by atoms with E-state index in [9.17, 15) is 0 Å². The highest BCUT2D eigenvalue weighted by molar-refractivity contribution is 6.32. The van der Waals surface area contributed by atoms with Crippen LogP contribution in [-0.4, -0.2) is 15.7 Å². The van der Waals surface area contributed by atoms with Crippen molar-refractivity contribution >= 4 is 11.6 Å². The lowest BCUT2D eigenvalue weighted by Crippen LogP contribution is -2.35. The lowest BCUT2D eigenvalue weighted by atomic mass is 10.1. The molecule has 1 heterocycles. The number of rotatable bonds is 5. The lowest BCUT2D eigenvalue weighted by Gasteiger charge is -2.22. The van der Waals surface area contributed by atoms with E-state index in [1.807, 2.05) is 12.1 Å². The fourth-order valence-electron chi connectivity index (χ4n) is 1.61. The first kappa shape index (κ1) is 14.8. The van der Waals surface area contributed by atoms with Crippen molar-refractivity contribution in [3.63, 3.8) is 0 Å². The number of nitrogens with zero attached hydrogens (tertiary/aromatic N) is 2. The third-order valence-corrected chi connectivity index (χ3v) is 2.91. The van der Waals surface area contributed by atoms with Crippen LogP contribution >= 0.6 is 11.6 Å². The van der Waals surface area contributed by atoms with E-state index in [0.717, 1.165) is 5.56 Å². The molecule has 0 aliphatic carbocycles. The zero-order valence-corrected chi connectivity index (χ0v) is 12.6. The minimum absolute atomic E-state index is 0.0211. The molecule has 1 aromatic carbocycles. The Morgan fingerprint density at radius 2 is 2.15 bits per heavy atom. The fraction of sp³-hybridized carbons (Fsp3) is 0.429. The molecule has 0 saturated heterocycles. The topological polar surface area (TPSA) is 60.2 Å². The number of ether oxygens (including phenoxy) is 1. The van der Waals surface area contributed by atoms with Gasteiger partial charge in [-0.05, 0) is 26.8 Å². The van der Waals surface area contributed by atoms with Crippen LogP contribution in [0, 0.1) is 0 Å². The number of hydrogen-bond acceptors (Lipinski definition) is 5. The van der Waals surface area contributed by atoms with Gasteiger partial charge in [0.05, 0.1) is 5.02 Å². The minimum atomic E-state index is 0.0211. The van der Waals surface area contributed by atoms with Crippen molar-refractivity contribution in [1.29, 1.82) is 0 Å². The minimum Gasteiger partial charge on any atom is -0.484 e. The molecule has 0 radical (unpaired) electrons. The standard InChI is InChI=1S/C14H18ClN3O2/c1-14(2,3)17-7-10-5-4-6-11(15)13(10)19-8-12-16-9-20-18-12/h4-6,9,17H,7-8H2,1-3H3. The predicted octanol–water partition coefficient (Wildman–Crippen LogP) is 3.19. The largest absolute Gasteiger partial charge is 0.484 e. The van der Waals surface area contributed by atoms with Gasteiger partial charge in [0.15, 0.2) is 6.61 Å². The number of nitrogens with one attached hydrogen (secondary N) is 1. The van der Waals surface area contributed by atoms with Crippen molar-refractivity contribution in [3.8, 4) is 5.75 Å². The molecule has 5 nitrogen and oxygen atoms in total. The molecule has 0 fully saturated rings. The van der Waals surface area contributed by atoms with Crippen molar-refractivity contribution in [2.24, 2.45) is 0 Å². The van der Waals surface area contributed by atoms with Gasteiger partial charge in [0, 0.05) is 17.6 Å². The van der Waals surface area contributed by atoms with Gasteiger partial charge >= 0.3 is 0 Å². The molecule has 20 heavy (non-hydrogen) atoms.